The van der Waals surface area contributed by atoms with E-state index in [0.29, 0.717) is 13.2 Å². The Morgan fingerprint density at radius 1 is 1.35 bits per heavy atom. The summed E-state index contributed by atoms with van der Waals surface area (Å²) in [5.74, 6) is -1.21. The molecule has 0 aromatic heterocycles. The van der Waals surface area contributed by atoms with Gasteiger partial charge in [0.1, 0.15) is 0 Å². The number of ether oxygens (including phenoxy) is 1. The van der Waals surface area contributed by atoms with Crippen LogP contribution in [0.1, 0.15) is 15.9 Å². The number of morpholine rings is 1. The summed E-state index contributed by atoms with van der Waals surface area (Å²) >= 11 is 5.84. The Morgan fingerprint density at radius 3 is 2.50 bits per heavy atom. The van der Waals surface area contributed by atoms with Crippen LogP contribution < -0.4 is 0 Å². The Balaban J connectivity index is 2.53. The highest BCUT2D eigenvalue weighted by molar-refractivity contribution is 7.89. The molecule has 0 atom stereocenters. The van der Waals surface area contributed by atoms with Crippen LogP contribution in [-0.4, -0.2) is 50.1 Å². The highest BCUT2D eigenvalue weighted by Gasteiger charge is 2.29. The maximum Gasteiger partial charge on any atom is 0.336 e. The third kappa shape index (κ3) is 2.80. The summed E-state index contributed by atoms with van der Waals surface area (Å²) in [7, 11) is -3.77. The lowest BCUT2D eigenvalue weighted by molar-refractivity contribution is 0.0695. The first-order chi connectivity index (χ1) is 9.34. The molecule has 1 aromatic rings. The monoisotopic (exact) mass is 319 g/mol. The molecule has 0 unspecified atom stereocenters. The lowest BCUT2D eigenvalue weighted by Crippen LogP contribution is -2.41. The van der Waals surface area contributed by atoms with Gasteiger partial charge in [-0.15, -0.1) is 0 Å². The summed E-state index contributed by atoms with van der Waals surface area (Å²) in [6, 6.07) is 2.53. The van der Waals surface area contributed by atoms with Crippen LogP contribution in [0.2, 0.25) is 5.02 Å². The highest BCUT2D eigenvalue weighted by atomic mass is 35.5. The number of halogens is 1. The van der Waals surface area contributed by atoms with E-state index >= 15 is 0 Å². The van der Waals surface area contributed by atoms with E-state index in [1.807, 2.05) is 0 Å². The van der Waals surface area contributed by atoms with Crippen LogP contribution in [0.4, 0.5) is 0 Å². The van der Waals surface area contributed by atoms with Gasteiger partial charge in [0.15, 0.2) is 0 Å². The molecule has 1 N–H and O–H groups in total. The number of benzene rings is 1. The van der Waals surface area contributed by atoms with Gasteiger partial charge >= 0.3 is 5.97 Å². The van der Waals surface area contributed by atoms with Gasteiger partial charge < -0.3 is 9.84 Å². The molecule has 1 saturated heterocycles. The lowest BCUT2D eigenvalue weighted by Gasteiger charge is -2.27. The number of carboxylic acids is 1. The molecular weight excluding hydrogens is 306 g/mol. The number of rotatable bonds is 3. The molecule has 1 fully saturated rings. The summed E-state index contributed by atoms with van der Waals surface area (Å²) in [5, 5.41) is 9.19. The zero-order valence-electron chi connectivity index (χ0n) is 10.8. The van der Waals surface area contributed by atoms with Gasteiger partial charge in [-0.2, -0.15) is 4.31 Å². The van der Waals surface area contributed by atoms with Crippen LogP contribution in [0.5, 0.6) is 0 Å². The lowest BCUT2D eigenvalue weighted by atomic mass is 10.1. The Bertz CT molecular complexity index is 637. The molecule has 1 aliphatic rings. The summed E-state index contributed by atoms with van der Waals surface area (Å²) in [5.41, 5.74) is 0.0812. The second kappa shape index (κ2) is 5.69. The molecule has 1 aromatic carbocycles. The van der Waals surface area contributed by atoms with Crippen LogP contribution in [0.15, 0.2) is 17.0 Å². The van der Waals surface area contributed by atoms with Gasteiger partial charge in [0, 0.05) is 18.1 Å². The Labute approximate surface area is 122 Å². The maximum absolute atomic E-state index is 12.6. The van der Waals surface area contributed by atoms with E-state index in [1.54, 1.807) is 0 Å². The predicted molar refractivity (Wildman–Crippen MR) is 72.7 cm³/mol. The summed E-state index contributed by atoms with van der Waals surface area (Å²) in [6.07, 6.45) is 0. The van der Waals surface area contributed by atoms with Gasteiger partial charge in [0.2, 0.25) is 10.0 Å². The molecule has 0 aliphatic carbocycles. The Kier molecular flexibility index (Phi) is 4.33. The standard InChI is InChI=1S/C12H14ClNO5S/c1-8-10(12(15)16)6-9(13)7-11(8)20(17,18)14-2-4-19-5-3-14/h6-7H,2-5H2,1H3,(H,15,16). The summed E-state index contributed by atoms with van der Waals surface area (Å²) in [4.78, 5) is 11.1. The van der Waals surface area contributed by atoms with Gasteiger partial charge in [-0.3, -0.25) is 0 Å². The number of sulfonamides is 1. The molecule has 0 spiro atoms. The van der Waals surface area contributed by atoms with Crippen molar-refractivity contribution in [1.29, 1.82) is 0 Å². The highest BCUT2D eigenvalue weighted by Crippen LogP contribution is 2.27. The van der Waals surface area contributed by atoms with Crippen molar-refractivity contribution in [2.75, 3.05) is 26.3 Å². The fraction of sp³-hybridized carbons (Fsp3) is 0.417. The molecule has 0 amide bonds. The number of aromatic carboxylic acids is 1. The summed E-state index contributed by atoms with van der Waals surface area (Å²) in [6.45, 7) is 2.61. The maximum atomic E-state index is 12.6. The largest absolute Gasteiger partial charge is 0.478 e. The van der Waals surface area contributed by atoms with E-state index in [9.17, 15) is 13.2 Å². The molecule has 20 heavy (non-hydrogen) atoms. The van der Waals surface area contributed by atoms with Crippen molar-refractivity contribution in [2.45, 2.75) is 11.8 Å². The van der Waals surface area contributed by atoms with E-state index in [1.165, 1.54) is 23.4 Å². The van der Waals surface area contributed by atoms with E-state index in [2.05, 4.69) is 0 Å². The minimum absolute atomic E-state index is 0.0655. The van der Waals surface area contributed by atoms with Gasteiger partial charge in [0.05, 0.1) is 23.7 Å². The van der Waals surface area contributed by atoms with Crippen molar-refractivity contribution in [3.05, 3.63) is 28.3 Å². The van der Waals surface area contributed by atoms with Gasteiger partial charge in [0.25, 0.3) is 0 Å². The predicted octanol–water partition coefficient (Wildman–Crippen LogP) is 1.37. The topological polar surface area (TPSA) is 83.9 Å². The minimum Gasteiger partial charge on any atom is -0.478 e. The van der Waals surface area contributed by atoms with Crippen molar-refractivity contribution < 1.29 is 23.1 Å². The Hall–Kier alpha value is -1.15. The van der Waals surface area contributed by atoms with Crippen molar-refractivity contribution in [3.8, 4) is 0 Å². The van der Waals surface area contributed by atoms with Crippen molar-refractivity contribution in [1.82, 2.24) is 4.31 Å². The van der Waals surface area contributed by atoms with Gasteiger partial charge in [-0.25, -0.2) is 13.2 Å². The van der Waals surface area contributed by atoms with Gasteiger partial charge in [-0.1, -0.05) is 11.6 Å². The zero-order valence-corrected chi connectivity index (χ0v) is 12.4. The molecular formula is C12H14ClNO5S. The number of carbonyl (C=O) groups is 1. The van der Waals surface area contributed by atoms with Crippen LogP contribution in [0, 0.1) is 6.92 Å². The van der Waals surface area contributed by atoms with E-state index in [4.69, 9.17) is 21.4 Å². The molecule has 0 radical (unpaired) electrons. The molecule has 0 saturated carbocycles. The molecule has 1 heterocycles. The van der Waals surface area contributed by atoms with Crippen LogP contribution in [0.25, 0.3) is 0 Å². The van der Waals surface area contributed by atoms with Crippen molar-refractivity contribution in [3.63, 3.8) is 0 Å². The SMILES string of the molecule is Cc1c(C(=O)O)cc(Cl)cc1S(=O)(=O)N1CCOCC1. The first kappa shape index (κ1) is 15.2. The number of carboxylic acid groups (broad SMARTS) is 1. The van der Waals surface area contributed by atoms with E-state index in [-0.39, 0.29) is 34.1 Å². The molecule has 8 heteroatoms. The van der Waals surface area contributed by atoms with Crippen LogP contribution >= 0.6 is 11.6 Å². The van der Waals surface area contributed by atoms with Crippen molar-refractivity contribution in [2.24, 2.45) is 0 Å². The number of hydrogen-bond acceptors (Lipinski definition) is 4. The minimum atomic E-state index is -3.77. The van der Waals surface area contributed by atoms with E-state index < -0.39 is 16.0 Å². The third-order valence-electron chi connectivity index (χ3n) is 3.14. The summed E-state index contributed by atoms with van der Waals surface area (Å²) < 4.78 is 31.5. The fourth-order valence-electron chi connectivity index (χ4n) is 2.07. The normalized spacial score (nSPS) is 17.1. The van der Waals surface area contributed by atoms with Gasteiger partial charge in [-0.05, 0) is 24.6 Å². The second-order valence-corrected chi connectivity index (χ2v) is 6.74. The Morgan fingerprint density at radius 2 is 1.95 bits per heavy atom. The first-order valence-corrected chi connectivity index (χ1v) is 7.77. The molecule has 6 nitrogen and oxygen atoms in total. The quantitative estimate of drug-likeness (QED) is 0.909. The zero-order chi connectivity index (χ0) is 14.9. The third-order valence-corrected chi connectivity index (χ3v) is 5.39. The fourth-order valence-corrected chi connectivity index (χ4v) is 4.03. The van der Waals surface area contributed by atoms with Crippen LogP contribution in [0.3, 0.4) is 0 Å². The van der Waals surface area contributed by atoms with Crippen molar-refractivity contribution >= 4 is 27.6 Å². The van der Waals surface area contributed by atoms with E-state index in [0.717, 1.165) is 0 Å². The average Bonchev–Trinajstić information content (AvgIpc) is 2.41. The molecule has 0 bridgehead atoms. The molecule has 2 rings (SSSR count). The molecule has 110 valence electrons. The number of hydrogen-bond donors (Lipinski definition) is 1. The average molecular weight is 320 g/mol. The van der Waals surface area contributed by atoms with Crippen LogP contribution in [-0.2, 0) is 14.8 Å². The second-order valence-electron chi connectivity index (χ2n) is 4.40. The smallest absolute Gasteiger partial charge is 0.336 e. The first-order valence-electron chi connectivity index (χ1n) is 5.95. The molecule has 1 aliphatic heterocycles. The number of nitrogens with zero attached hydrogens (tertiary/aromatic N) is 1.